The molecule has 2 fully saturated rings. The third-order valence-electron chi connectivity index (χ3n) is 6.22. The van der Waals surface area contributed by atoms with Gasteiger partial charge in [0.2, 0.25) is 11.8 Å². The molecule has 1 saturated heterocycles. The fourth-order valence-corrected chi connectivity index (χ4v) is 7.18. The lowest BCUT2D eigenvalue weighted by Gasteiger charge is -2.34. The topological polar surface area (TPSA) is 141 Å². The minimum Gasteiger partial charge on any atom is -0.467 e. The van der Waals surface area contributed by atoms with Gasteiger partial charge in [-0.3, -0.25) is 14.2 Å². The molecule has 2 N–H and O–H groups in total. The number of thioether (sulfide) groups is 1. The summed E-state index contributed by atoms with van der Waals surface area (Å²) in [6.45, 7) is 0.373. The van der Waals surface area contributed by atoms with E-state index in [1.54, 1.807) is 12.3 Å². The second kappa shape index (κ2) is 10.3. The van der Waals surface area contributed by atoms with Crippen LogP contribution in [-0.4, -0.2) is 69.2 Å². The van der Waals surface area contributed by atoms with Crippen LogP contribution in [0.1, 0.15) is 50.1 Å². The van der Waals surface area contributed by atoms with Crippen LogP contribution in [-0.2, 0) is 32.4 Å². The minimum absolute atomic E-state index is 0.0475. The highest BCUT2D eigenvalue weighted by atomic mass is 32.2. The molecule has 0 bridgehead atoms. The zero-order chi connectivity index (χ0) is 23.4. The molecule has 0 spiro atoms. The van der Waals surface area contributed by atoms with Crippen LogP contribution in [0.15, 0.2) is 28.0 Å². The van der Waals surface area contributed by atoms with Crippen molar-refractivity contribution in [1.29, 1.82) is 0 Å². The molecule has 0 radical (unpaired) electrons. The summed E-state index contributed by atoms with van der Waals surface area (Å²) in [5.41, 5.74) is 5.29. The van der Waals surface area contributed by atoms with Crippen LogP contribution in [0.5, 0.6) is 0 Å². The van der Waals surface area contributed by atoms with Gasteiger partial charge in [-0.1, -0.05) is 24.6 Å². The van der Waals surface area contributed by atoms with Crippen LogP contribution in [0, 0.1) is 0 Å². The number of nitrogens with zero attached hydrogens (tertiary/aromatic N) is 4. The van der Waals surface area contributed by atoms with E-state index < -0.39 is 15.7 Å². The number of nitrogens with two attached hydrogens (primary N) is 1. The first-order valence-corrected chi connectivity index (χ1v) is 14.0. The van der Waals surface area contributed by atoms with E-state index in [1.807, 2.05) is 15.5 Å². The number of furan rings is 1. The number of amides is 2. The Morgan fingerprint density at radius 3 is 2.64 bits per heavy atom. The van der Waals surface area contributed by atoms with Gasteiger partial charge in [0.05, 0.1) is 30.1 Å². The van der Waals surface area contributed by atoms with Crippen molar-refractivity contribution in [3.05, 3.63) is 30.0 Å². The highest BCUT2D eigenvalue weighted by Crippen LogP contribution is 2.30. The highest BCUT2D eigenvalue weighted by molar-refractivity contribution is 7.99. The molecule has 1 atom stereocenters. The van der Waals surface area contributed by atoms with Crippen molar-refractivity contribution in [3.63, 3.8) is 0 Å². The molecule has 1 aliphatic heterocycles. The summed E-state index contributed by atoms with van der Waals surface area (Å²) in [5.74, 6) is 1.13. The number of hydrogen-bond acceptors (Lipinski definition) is 8. The fourth-order valence-electron chi connectivity index (χ4n) is 4.65. The minimum atomic E-state index is -3.09. The van der Waals surface area contributed by atoms with Crippen LogP contribution < -0.4 is 5.73 Å². The molecule has 4 rings (SSSR count). The summed E-state index contributed by atoms with van der Waals surface area (Å²) in [4.78, 5) is 26.4. The Morgan fingerprint density at radius 1 is 1.21 bits per heavy atom. The third kappa shape index (κ3) is 5.97. The average molecular weight is 496 g/mol. The van der Waals surface area contributed by atoms with Gasteiger partial charge in [-0.05, 0) is 31.4 Å². The van der Waals surface area contributed by atoms with Crippen molar-refractivity contribution in [3.8, 4) is 0 Å². The van der Waals surface area contributed by atoms with Crippen molar-refractivity contribution >= 4 is 33.4 Å². The first-order valence-electron chi connectivity index (χ1n) is 11.2. The first-order chi connectivity index (χ1) is 15.8. The van der Waals surface area contributed by atoms with Gasteiger partial charge in [-0.25, -0.2) is 8.42 Å². The van der Waals surface area contributed by atoms with Crippen molar-refractivity contribution in [2.45, 2.75) is 68.7 Å². The van der Waals surface area contributed by atoms with Gasteiger partial charge < -0.3 is 15.1 Å². The predicted molar refractivity (Wildman–Crippen MR) is 122 cm³/mol. The van der Waals surface area contributed by atoms with Crippen molar-refractivity contribution in [1.82, 2.24) is 19.7 Å². The molecule has 2 aliphatic rings. The van der Waals surface area contributed by atoms with E-state index in [4.69, 9.17) is 10.2 Å². The Balaban J connectivity index is 1.49. The standard InChI is InChI=1S/C21H29N5O5S2/c22-18(27)7-8-19-23-24-21(25(19)12-17-6-3-10-31-17)32-13-20(28)26(15-4-1-2-5-15)16-9-11-33(29,30)14-16/h3,6,10,15-16H,1-2,4-5,7-9,11-14H2,(H2,22,27). The fraction of sp³-hybridized carbons (Fsp3) is 0.619. The van der Waals surface area contributed by atoms with E-state index in [2.05, 4.69) is 10.2 Å². The number of rotatable bonds is 10. The van der Waals surface area contributed by atoms with Crippen LogP contribution in [0.4, 0.5) is 0 Å². The Kier molecular flexibility index (Phi) is 7.42. The van der Waals surface area contributed by atoms with Gasteiger partial charge in [-0.2, -0.15) is 0 Å². The molecule has 3 heterocycles. The van der Waals surface area contributed by atoms with Gasteiger partial charge in [0.1, 0.15) is 11.6 Å². The van der Waals surface area contributed by atoms with Crippen LogP contribution >= 0.6 is 11.8 Å². The largest absolute Gasteiger partial charge is 0.467 e. The summed E-state index contributed by atoms with van der Waals surface area (Å²) >= 11 is 1.27. The Labute approximate surface area is 197 Å². The van der Waals surface area contributed by atoms with Crippen LogP contribution in [0.2, 0.25) is 0 Å². The molecule has 180 valence electrons. The van der Waals surface area contributed by atoms with Gasteiger partial charge in [0.15, 0.2) is 15.0 Å². The quantitative estimate of drug-likeness (QED) is 0.487. The Morgan fingerprint density at radius 2 is 2.00 bits per heavy atom. The highest BCUT2D eigenvalue weighted by Gasteiger charge is 2.39. The lowest BCUT2D eigenvalue weighted by Crippen LogP contribution is -2.47. The maximum Gasteiger partial charge on any atom is 0.233 e. The number of hydrogen-bond donors (Lipinski definition) is 1. The first kappa shape index (κ1) is 23.8. The van der Waals surface area contributed by atoms with E-state index in [0.717, 1.165) is 25.7 Å². The molecule has 33 heavy (non-hydrogen) atoms. The lowest BCUT2D eigenvalue weighted by molar-refractivity contribution is -0.132. The van der Waals surface area contributed by atoms with Crippen molar-refractivity contribution in [2.24, 2.45) is 5.73 Å². The molecule has 10 nitrogen and oxygen atoms in total. The van der Waals surface area contributed by atoms with E-state index in [9.17, 15) is 18.0 Å². The molecule has 0 aromatic carbocycles. The van der Waals surface area contributed by atoms with E-state index in [1.165, 1.54) is 11.8 Å². The van der Waals surface area contributed by atoms with E-state index in [0.29, 0.717) is 36.1 Å². The number of carbonyl (C=O) groups is 2. The molecule has 2 aromatic heterocycles. The number of aromatic nitrogens is 3. The Hall–Kier alpha value is -2.34. The van der Waals surface area contributed by atoms with E-state index in [-0.39, 0.29) is 41.7 Å². The summed E-state index contributed by atoms with van der Waals surface area (Å²) in [6.07, 6.45) is 6.51. The normalized spacial score (nSPS) is 20.3. The zero-order valence-electron chi connectivity index (χ0n) is 18.4. The number of carbonyl (C=O) groups excluding carboxylic acids is 2. The lowest BCUT2D eigenvalue weighted by atomic mass is 10.1. The van der Waals surface area contributed by atoms with Crippen LogP contribution in [0.3, 0.4) is 0 Å². The molecular formula is C21H29N5O5S2. The molecule has 1 saturated carbocycles. The Bertz CT molecular complexity index is 1080. The summed E-state index contributed by atoms with van der Waals surface area (Å²) < 4.78 is 31.4. The monoisotopic (exact) mass is 495 g/mol. The van der Waals surface area contributed by atoms with Gasteiger partial charge >= 0.3 is 0 Å². The third-order valence-corrected chi connectivity index (χ3v) is 8.92. The molecular weight excluding hydrogens is 466 g/mol. The number of aryl methyl sites for hydroxylation is 1. The molecule has 1 unspecified atom stereocenters. The van der Waals surface area contributed by atoms with E-state index >= 15 is 0 Å². The smallest absolute Gasteiger partial charge is 0.233 e. The maximum absolute atomic E-state index is 13.3. The molecule has 2 amide bonds. The number of primary amides is 1. The molecule has 2 aromatic rings. The van der Waals surface area contributed by atoms with Crippen molar-refractivity contribution < 1.29 is 22.4 Å². The molecule has 12 heteroatoms. The predicted octanol–water partition coefficient (Wildman–Crippen LogP) is 1.39. The number of sulfone groups is 1. The van der Waals surface area contributed by atoms with Gasteiger partial charge in [0, 0.05) is 24.9 Å². The second-order valence-electron chi connectivity index (χ2n) is 8.62. The second-order valence-corrected chi connectivity index (χ2v) is 11.8. The zero-order valence-corrected chi connectivity index (χ0v) is 20.0. The van der Waals surface area contributed by atoms with Gasteiger partial charge in [-0.15, -0.1) is 10.2 Å². The SMILES string of the molecule is NC(=O)CCc1nnc(SCC(=O)N(C2CCCC2)C2CCS(=O)(=O)C2)n1Cc1ccco1. The average Bonchev–Trinajstić information content (AvgIpc) is 3.55. The summed E-state index contributed by atoms with van der Waals surface area (Å²) in [7, 11) is -3.09. The van der Waals surface area contributed by atoms with Gasteiger partial charge in [0.25, 0.3) is 0 Å². The molecule has 1 aliphatic carbocycles. The van der Waals surface area contributed by atoms with Crippen molar-refractivity contribution in [2.75, 3.05) is 17.3 Å². The summed E-state index contributed by atoms with van der Waals surface area (Å²) in [6, 6.07) is 3.47. The van der Waals surface area contributed by atoms with Crippen LogP contribution in [0.25, 0.3) is 0 Å². The summed E-state index contributed by atoms with van der Waals surface area (Å²) in [5, 5.41) is 8.99. The maximum atomic E-state index is 13.3.